The van der Waals surface area contributed by atoms with Crippen molar-refractivity contribution >= 4 is 15.9 Å². The molecule has 2 aliphatic rings. The van der Waals surface area contributed by atoms with Crippen molar-refractivity contribution in [3.05, 3.63) is 35.4 Å². The minimum absolute atomic E-state index is 0.0827. The highest BCUT2D eigenvalue weighted by Crippen LogP contribution is 2.54. The number of halogens is 2. The van der Waals surface area contributed by atoms with Crippen LogP contribution in [0.1, 0.15) is 29.6 Å². The molecule has 1 aliphatic heterocycles. The summed E-state index contributed by atoms with van der Waals surface area (Å²) < 4.78 is 52.1. The summed E-state index contributed by atoms with van der Waals surface area (Å²) in [4.78, 5) is 13.8. The van der Waals surface area contributed by atoms with Gasteiger partial charge in [-0.2, -0.15) is 0 Å². The monoisotopic (exact) mass is 344 g/mol. The Morgan fingerprint density at radius 1 is 1.30 bits per heavy atom. The lowest BCUT2D eigenvalue weighted by Gasteiger charge is -2.33. The van der Waals surface area contributed by atoms with Crippen LogP contribution in [0.4, 0.5) is 8.78 Å². The Balaban J connectivity index is 1.64. The van der Waals surface area contributed by atoms with E-state index in [1.165, 1.54) is 4.90 Å². The lowest BCUT2D eigenvalue weighted by Crippen LogP contribution is -2.41. The molecular weight excluding hydrogens is 326 g/mol. The van der Waals surface area contributed by atoms with E-state index in [4.69, 9.17) is 0 Å². The van der Waals surface area contributed by atoms with Gasteiger partial charge in [0.1, 0.15) is 11.6 Å². The van der Waals surface area contributed by atoms with Crippen molar-refractivity contribution in [3.63, 3.8) is 0 Å². The van der Waals surface area contributed by atoms with E-state index in [0.717, 1.165) is 30.9 Å². The van der Waals surface area contributed by atoms with Gasteiger partial charge in [0.2, 0.25) is 10.0 Å². The number of hydrogen-bond acceptors (Lipinski definition) is 3. The van der Waals surface area contributed by atoms with Crippen LogP contribution in [0.2, 0.25) is 0 Å². The molecule has 1 unspecified atom stereocenters. The van der Waals surface area contributed by atoms with E-state index in [9.17, 15) is 22.0 Å². The third kappa shape index (κ3) is 3.37. The second-order valence-corrected chi connectivity index (χ2v) is 8.21. The SMILES string of the molecule is CS(=O)(=O)NC1CC12CCN(C(=O)c1cc(F)ccc1F)CC2. The number of nitrogens with zero attached hydrogens (tertiary/aromatic N) is 1. The van der Waals surface area contributed by atoms with Gasteiger partial charge in [0.05, 0.1) is 11.8 Å². The molecule has 1 N–H and O–H groups in total. The van der Waals surface area contributed by atoms with Crippen molar-refractivity contribution in [1.29, 1.82) is 0 Å². The average molecular weight is 344 g/mol. The zero-order valence-electron chi connectivity index (χ0n) is 12.7. The van der Waals surface area contributed by atoms with E-state index in [0.29, 0.717) is 25.9 Å². The van der Waals surface area contributed by atoms with E-state index in [-0.39, 0.29) is 17.0 Å². The standard InChI is InChI=1S/C15H18F2N2O3S/c1-23(21,22)18-13-9-15(13)4-6-19(7-5-15)14(20)11-8-10(16)2-3-12(11)17/h2-3,8,13,18H,4-7,9H2,1H3. The van der Waals surface area contributed by atoms with Crippen molar-refractivity contribution in [2.75, 3.05) is 19.3 Å². The van der Waals surface area contributed by atoms with Crippen LogP contribution in [0.15, 0.2) is 18.2 Å². The van der Waals surface area contributed by atoms with Crippen LogP contribution >= 0.6 is 0 Å². The molecule has 3 rings (SSSR count). The van der Waals surface area contributed by atoms with Crippen molar-refractivity contribution < 1.29 is 22.0 Å². The van der Waals surface area contributed by atoms with E-state index < -0.39 is 27.6 Å². The zero-order chi connectivity index (χ0) is 16.8. The van der Waals surface area contributed by atoms with Crippen molar-refractivity contribution in [2.45, 2.75) is 25.3 Å². The summed E-state index contributed by atoms with van der Waals surface area (Å²) in [6.07, 6.45) is 3.20. The number of carbonyl (C=O) groups excluding carboxylic acids is 1. The minimum Gasteiger partial charge on any atom is -0.339 e. The van der Waals surface area contributed by atoms with Crippen LogP contribution in [-0.4, -0.2) is 44.6 Å². The molecular formula is C15H18F2N2O3S. The van der Waals surface area contributed by atoms with Crippen LogP contribution in [0, 0.1) is 17.0 Å². The first kappa shape index (κ1) is 16.3. The third-order valence-electron chi connectivity index (χ3n) is 4.75. The maximum atomic E-state index is 13.7. The first-order valence-electron chi connectivity index (χ1n) is 7.42. The molecule has 0 bridgehead atoms. The van der Waals surface area contributed by atoms with Gasteiger partial charge in [-0.15, -0.1) is 0 Å². The Bertz CT molecular complexity index is 743. The molecule has 23 heavy (non-hydrogen) atoms. The van der Waals surface area contributed by atoms with Gasteiger partial charge >= 0.3 is 0 Å². The number of likely N-dealkylation sites (tertiary alicyclic amines) is 1. The minimum atomic E-state index is -3.24. The van der Waals surface area contributed by atoms with Crippen LogP contribution in [-0.2, 0) is 10.0 Å². The Labute approximate surface area is 133 Å². The first-order chi connectivity index (χ1) is 10.7. The van der Waals surface area contributed by atoms with Gasteiger partial charge in [-0.3, -0.25) is 4.79 Å². The fraction of sp³-hybridized carbons (Fsp3) is 0.533. The molecule has 1 spiro atoms. The van der Waals surface area contributed by atoms with E-state index in [2.05, 4.69) is 4.72 Å². The lowest BCUT2D eigenvalue weighted by atomic mass is 9.92. The van der Waals surface area contributed by atoms with Crippen LogP contribution < -0.4 is 4.72 Å². The highest BCUT2D eigenvalue weighted by molar-refractivity contribution is 7.88. The molecule has 5 nitrogen and oxygen atoms in total. The molecule has 1 saturated carbocycles. The number of sulfonamides is 1. The average Bonchev–Trinajstić information content (AvgIpc) is 3.11. The van der Waals surface area contributed by atoms with Gasteiger partial charge in [0.15, 0.2) is 0 Å². The molecule has 2 fully saturated rings. The van der Waals surface area contributed by atoms with Gasteiger partial charge < -0.3 is 4.90 Å². The Kier molecular flexibility index (Phi) is 3.92. The third-order valence-corrected chi connectivity index (χ3v) is 5.46. The topological polar surface area (TPSA) is 66.5 Å². The highest BCUT2D eigenvalue weighted by atomic mass is 32.2. The predicted molar refractivity (Wildman–Crippen MR) is 80.3 cm³/mol. The normalized spacial score (nSPS) is 23.1. The maximum absolute atomic E-state index is 13.7. The molecule has 0 radical (unpaired) electrons. The summed E-state index contributed by atoms with van der Waals surface area (Å²) in [7, 11) is -3.24. The zero-order valence-corrected chi connectivity index (χ0v) is 13.5. The molecule has 126 valence electrons. The Morgan fingerprint density at radius 2 is 1.96 bits per heavy atom. The molecule has 1 atom stereocenters. The molecule has 1 aromatic rings. The molecule has 1 aliphatic carbocycles. The summed E-state index contributed by atoms with van der Waals surface area (Å²) in [6, 6.07) is 2.75. The fourth-order valence-electron chi connectivity index (χ4n) is 3.31. The Morgan fingerprint density at radius 3 is 2.57 bits per heavy atom. The van der Waals surface area contributed by atoms with Gasteiger partial charge in [0.25, 0.3) is 5.91 Å². The van der Waals surface area contributed by atoms with Crippen LogP contribution in [0.3, 0.4) is 0 Å². The van der Waals surface area contributed by atoms with Crippen LogP contribution in [0.5, 0.6) is 0 Å². The van der Waals surface area contributed by atoms with E-state index in [1.54, 1.807) is 0 Å². The summed E-state index contributed by atoms with van der Waals surface area (Å²) >= 11 is 0. The number of nitrogens with one attached hydrogen (secondary N) is 1. The predicted octanol–water partition coefficient (Wildman–Crippen LogP) is 1.51. The largest absolute Gasteiger partial charge is 0.339 e. The fourth-order valence-corrected chi connectivity index (χ4v) is 4.16. The second-order valence-electron chi connectivity index (χ2n) is 6.43. The van der Waals surface area contributed by atoms with Crippen molar-refractivity contribution in [1.82, 2.24) is 9.62 Å². The number of hydrogen-bond donors (Lipinski definition) is 1. The summed E-state index contributed by atoms with van der Waals surface area (Å²) in [5, 5.41) is 0. The molecule has 1 aromatic carbocycles. The lowest BCUT2D eigenvalue weighted by molar-refractivity contribution is 0.0668. The molecule has 8 heteroatoms. The van der Waals surface area contributed by atoms with Gasteiger partial charge in [-0.1, -0.05) is 0 Å². The summed E-state index contributed by atoms with van der Waals surface area (Å²) in [5.41, 5.74) is -0.358. The maximum Gasteiger partial charge on any atom is 0.256 e. The summed E-state index contributed by atoms with van der Waals surface area (Å²) in [5.74, 6) is -1.91. The van der Waals surface area contributed by atoms with Gasteiger partial charge in [-0.25, -0.2) is 21.9 Å². The highest BCUT2D eigenvalue weighted by Gasteiger charge is 2.56. The molecule has 0 aromatic heterocycles. The van der Waals surface area contributed by atoms with Gasteiger partial charge in [0, 0.05) is 19.1 Å². The number of benzene rings is 1. The van der Waals surface area contributed by atoms with E-state index >= 15 is 0 Å². The molecule has 1 heterocycles. The first-order valence-corrected chi connectivity index (χ1v) is 9.31. The molecule has 1 amide bonds. The second kappa shape index (κ2) is 5.52. The summed E-state index contributed by atoms with van der Waals surface area (Å²) in [6.45, 7) is 0.827. The molecule has 1 saturated heterocycles. The number of carbonyl (C=O) groups is 1. The Hall–Kier alpha value is -1.54. The smallest absolute Gasteiger partial charge is 0.256 e. The number of amides is 1. The number of rotatable bonds is 3. The number of piperidine rings is 1. The van der Waals surface area contributed by atoms with Gasteiger partial charge in [-0.05, 0) is 42.9 Å². The van der Waals surface area contributed by atoms with Crippen molar-refractivity contribution in [2.24, 2.45) is 5.41 Å². The van der Waals surface area contributed by atoms with E-state index in [1.807, 2.05) is 0 Å². The quantitative estimate of drug-likeness (QED) is 0.904. The van der Waals surface area contributed by atoms with Crippen molar-refractivity contribution in [3.8, 4) is 0 Å². The van der Waals surface area contributed by atoms with Crippen LogP contribution in [0.25, 0.3) is 0 Å².